The minimum absolute atomic E-state index is 0.112. The molecule has 0 unspecified atom stereocenters. The number of aromatic hydroxyl groups is 2. The molecular weight excluding hydrogens is 438 g/mol. The lowest BCUT2D eigenvalue weighted by molar-refractivity contribution is 0.281. The van der Waals surface area contributed by atoms with E-state index < -0.39 is 0 Å². The Labute approximate surface area is 203 Å². The summed E-state index contributed by atoms with van der Waals surface area (Å²) in [5.41, 5.74) is 0.978. The summed E-state index contributed by atoms with van der Waals surface area (Å²) in [7, 11) is 0. The van der Waals surface area contributed by atoms with E-state index in [0.717, 1.165) is 52.8 Å². The van der Waals surface area contributed by atoms with Gasteiger partial charge in [-0.2, -0.15) is 9.97 Å². The van der Waals surface area contributed by atoms with Crippen LogP contribution < -0.4 is 4.74 Å². The van der Waals surface area contributed by atoms with Crippen molar-refractivity contribution < 1.29 is 14.9 Å². The first-order valence-corrected chi connectivity index (χ1v) is 12.0. The normalized spacial score (nSPS) is 11.2. The molecule has 0 saturated carbocycles. The first kappa shape index (κ1) is 22.6. The number of ether oxygens (including phenoxy) is 1. The summed E-state index contributed by atoms with van der Waals surface area (Å²) in [6.45, 7) is 2.65. The minimum Gasteiger partial charge on any atom is -0.507 e. The molecule has 6 nitrogen and oxygen atoms in total. The van der Waals surface area contributed by atoms with Crippen LogP contribution in [0.4, 0.5) is 0 Å². The van der Waals surface area contributed by atoms with Crippen LogP contribution >= 0.6 is 0 Å². The van der Waals surface area contributed by atoms with Gasteiger partial charge in [0.1, 0.15) is 17.1 Å². The molecule has 5 rings (SSSR count). The number of unbranched alkanes of at least 4 members (excludes halogenated alkanes) is 3. The van der Waals surface area contributed by atoms with E-state index in [0.29, 0.717) is 12.4 Å². The molecule has 35 heavy (non-hydrogen) atoms. The third-order valence-electron chi connectivity index (χ3n) is 6.10. The zero-order valence-corrected chi connectivity index (χ0v) is 19.6. The molecule has 0 spiro atoms. The quantitative estimate of drug-likeness (QED) is 0.192. The Kier molecular flexibility index (Phi) is 6.44. The lowest BCUT2D eigenvalue weighted by Gasteiger charge is -2.13. The molecule has 0 bridgehead atoms. The fraction of sp³-hybridized carbons (Fsp3) is 0.207. The van der Waals surface area contributed by atoms with Gasteiger partial charge in [-0.25, -0.2) is 4.98 Å². The second kappa shape index (κ2) is 9.97. The maximum atomic E-state index is 10.5. The highest BCUT2D eigenvalue weighted by Crippen LogP contribution is 2.38. The molecule has 2 N–H and O–H groups in total. The molecule has 0 aliphatic carbocycles. The Morgan fingerprint density at radius 2 is 1.37 bits per heavy atom. The van der Waals surface area contributed by atoms with Gasteiger partial charge >= 0.3 is 6.01 Å². The van der Waals surface area contributed by atoms with Crippen molar-refractivity contribution in [2.24, 2.45) is 0 Å². The van der Waals surface area contributed by atoms with Gasteiger partial charge in [0.2, 0.25) is 0 Å². The van der Waals surface area contributed by atoms with Crippen LogP contribution in [0.25, 0.3) is 44.3 Å². The summed E-state index contributed by atoms with van der Waals surface area (Å²) in [5.74, 6) is 0.355. The van der Waals surface area contributed by atoms with Crippen LogP contribution in [-0.4, -0.2) is 31.8 Å². The van der Waals surface area contributed by atoms with Crippen molar-refractivity contribution in [3.63, 3.8) is 0 Å². The summed E-state index contributed by atoms with van der Waals surface area (Å²) in [4.78, 5) is 13.8. The van der Waals surface area contributed by atoms with E-state index >= 15 is 0 Å². The van der Waals surface area contributed by atoms with Gasteiger partial charge in [-0.15, -0.1) is 0 Å². The standard InChI is InChI=1S/C29H27N3O3/c1-2-3-4-9-17-35-29-31-27(30-28(32-29)26-24(33)15-10-16-25(26)34)23-18-19-11-5-6-12-20(19)21-13-7-8-14-22(21)23/h5-8,10-16,18,33-34H,2-4,9,17H2,1H3. The van der Waals surface area contributed by atoms with E-state index in [4.69, 9.17) is 4.74 Å². The first-order valence-electron chi connectivity index (χ1n) is 12.0. The molecule has 1 aromatic heterocycles. The molecule has 5 aromatic rings. The zero-order valence-electron chi connectivity index (χ0n) is 19.6. The highest BCUT2D eigenvalue weighted by atomic mass is 16.5. The van der Waals surface area contributed by atoms with E-state index in [1.807, 2.05) is 30.3 Å². The summed E-state index contributed by atoms with van der Waals surface area (Å²) in [5, 5.41) is 25.3. The second-order valence-electron chi connectivity index (χ2n) is 8.54. The molecule has 4 aromatic carbocycles. The summed E-state index contributed by atoms with van der Waals surface area (Å²) < 4.78 is 5.93. The van der Waals surface area contributed by atoms with Crippen LogP contribution in [0.2, 0.25) is 0 Å². The predicted molar refractivity (Wildman–Crippen MR) is 139 cm³/mol. The van der Waals surface area contributed by atoms with Gasteiger partial charge in [0, 0.05) is 5.56 Å². The van der Waals surface area contributed by atoms with Crippen LogP contribution in [-0.2, 0) is 0 Å². The smallest absolute Gasteiger partial charge is 0.320 e. The Hall–Kier alpha value is -4.19. The van der Waals surface area contributed by atoms with E-state index in [2.05, 4.69) is 46.1 Å². The Balaban J connectivity index is 1.68. The molecule has 0 aliphatic heterocycles. The second-order valence-corrected chi connectivity index (χ2v) is 8.54. The minimum atomic E-state index is -0.112. The predicted octanol–water partition coefficient (Wildman–Crippen LogP) is 6.88. The molecule has 0 aliphatic rings. The third kappa shape index (κ3) is 4.60. The van der Waals surface area contributed by atoms with Crippen molar-refractivity contribution in [1.29, 1.82) is 0 Å². The number of nitrogens with zero attached hydrogens (tertiary/aromatic N) is 3. The molecule has 0 atom stereocenters. The average Bonchev–Trinajstić information content (AvgIpc) is 2.88. The lowest BCUT2D eigenvalue weighted by Crippen LogP contribution is -2.05. The van der Waals surface area contributed by atoms with E-state index in [1.54, 1.807) is 6.07 Å². The molecular formula is C29H27N3O3. The van der Waals surface area contributed by atoms with Crippen LogP contribution in [0.15, 0.2) is 72.8 Å². The van der Waals surface area contributed by atoms with E-state index in [-0.39, 0.29) is 28.9 Å². The average molecular weight is 466 g/mol. The van der Waals surface area contributed by atoms with Crippen LogP contribution in [0.1, 0.15) is 32.6 Å². The molecule has 0 saturated heterocycles. The molecule has 1 heterocycles. The highest BCUT2D eigenvalue weighted by molar-refractivity contribution is 6.13. The molecule has 6 heteroatoms. The van der Waals surface area contributed by atoms with Crippen LogP contribution in [0, 0.1) is 0 Å². The number of hydrogen-bond acceptors (Lipinski definition) is 6. The zero-order chi connectivity index (χ0) is 24.2. The number of phenolic OH excluding ortho intramolecular Hbond substituents is 2. The fourth-order valence-electron chi connectivity index (χ4n) is 4.34. The Bertz CT molecular complexity index is 1480. The summed E-state index contributed by atoms with van der Waals surface area (Å²) in [6, 6.07) is 23.1. The van der Waals surface area contributed by atoms with Crippen molar-refractivity contribution in [3.05, 3.63) is 72.8 Å². The molecule has 0 amide bonds. The van der Waals surface area contributed by atoms with E-state index in [9.17, 15) is 10.2 Å². The maximum absolute atomic E-state index is 10.5. The number of phenols is 2. The molecule has 0 radical (unpaired) electrons. The van der Waals surface area contributed by atoms with Gasteiger partial charge < -0.3 is 14.9 Å². The van der Waals surface area contributed by atoms with Crippen LogP contribution in [0.5, 0.6) is 17.5 Å². The third-order valence-corrected chi connectivity index (χ3v) is 6.10. The Morgan fingerprint density at radius 3 is 2.14 bits per heavy atom. The summed E-state index contributed by atoms with van der Waals surface area (Å²) >= 11 is 0. The first-order chi connectivity index (χ1) is 17.2. The maximum Gasteiger partial charge on any atom is 0.320 e. The Morgan fingerprint density at radius 1 is 0.686 bits per heavy atom. The summed E-state index contributed by atoms with van der Waals surface area (Å²) in [6.07, 6.45) is 4.25. The van der Waals surface area contributed by atoms with Gasteiger partial charge in [-0.05, 0) is 46.2 Å². The van der Waals surface area contributed by atoms with Crippen molar-refractivity contribution in [2.45, 2.75) is 32.6 Å². The fourth-order valence-corrected chi connectivity index (χ4v) is 4.34. The molecule has 176 valence electrons. The SMILES string of the molecule is CCCCCCOc1nc(-c2c(O)cccc2O)nc(-c2cc3ccccc3c3ccccc23)n1. The topological polar surface area (TPSA) is 88.4 Å². The number of rotatable bonds is 8. The number of aromatic nitrogens is 3. The van der Waals surface area contributed by atoms with Gasteiger partial charge in [0.15, 0.2) is 11.6 Å². The van der Waals surface area contributed by atoms with Crippen molar-refractivity contribution in [3.8, 4) is 40.3 Å². The largest absolute Gasteiger partial charge is 0.507 e. The van der Waals surface area contributed by atoms with Gasteiger partial charge in [-0.1, -0.05) is 80.8 Å². The van der Waals surface area contributed by atoms with Crippen molar-refractivity contribution in [2.75, 3.05) is 6.61 Å². The van der Waals surface area contributed by atoms with Gasteiger partial charge in [-0.3, -0.25) is 0 Å². The van der Waals surface area contributed by atoms with Crippen LogP contribution in [0.3, 0.4) is 0 Å². The van der Waals surface area contributed by atoms with E-state index in [1.165, 1.54) is 12.1 Å². The number of fused-ring (bicyclic) bond motifs is 3. The van der Waals surface area contributed by atoms with Crippen molar-refractivity contribution in [1.82, 2.24) is 15.0 Å². The number of benzene rings is 4. The lowest BCUT2D eigenvalue weighted by atomic mass is 9.97. The highest BCUT2D eigenvalue weighted by Gasteiger charge is 2.19. The molecule has 0 fully saturated rings. The van der Waals surface area contributed by atoms with Crippen molar-refractivity contribution >= 4 is 21.5 Å². The van der Waals surface area contributed by atoms with Gasteiger partial charge in [0.05, 0.1) is 6.61 Å². The monoisotopic (exact) mass is 465 g/mol. The number of hydrogen-bond donors (Lipinski definition) is 2. The van der Waals surface area contributed by atoms with Gasteiger partial charge in [0.25, 0.3) is 0 Å².